The third-order valence-corrected chi connectivity index (χ3v) is 4.17. The molecule has 1 saturated heterocycles. The lowest BCUT2D eigenvalue weighted by Crippen LogP contribution is -2.35. The molecule has 5 heteroatoms. The number of nitrogens with two attached hydrogens (primary N) is 1. The lowest BCUT2D eigenvalue weighted by atomic mass is 10.1. The SMILES string of the molecule is COc1cccc(OC)c1CC(=O)N1CC(CN)CC1C. The fraction of sp³-hybridized carbons (Fsp3) is 0.562. The Balaban J connectivity index is 2.16. The molecule has 1 heterocycles. The van der Waals surface area contributed by atoms with Crippen molar-refractivity contribution in [2.75, 3.05) is 27.3 Å². The molecule has 116 valence electrons. The van der Waals surface area contributed by atoms with Crippen molar-refractivity contribution >= 4 is 5.91 Å². The van der Waals surface area contributed by atoms with E-state index in [1.807, 2.05) is 23.1 Å². The molecule has 5 nitrogen and oxygen atoms in total. The third kappa shape index (κ3) is 3.29. The summed E-state index contributed by atoms with van der Waals surface area (Å²) >= 11 is 0. The van der Waals surface area contributed by atoms with E-state index in [0.29, 0.717) is 24.0 Å². The largest absolute Gasteiger partial charge is 0.496 e. The molecule has 0 aromatic heterocycles. The second kappa shape index (κ2) is 6.80. The summed E-state index contributed by atoms with van der Waals surface area (Å²) in [6, 6.07) is 5.79. The average Bonchev–Trinajstić information content (AvgIpc) is 2.88. The highest BCUT2D eigenvalue weighted by Gasteiger charge is 2.32. The van der Waals surface area contributed by atoms with Crippen LogP contribution in [0, 0.1) is 5.92 Å². The molecule has 0 aliphatic carbocycles. The number of benzene rings is 1. The van der Waals surface area contributed by atoms with Crippen LogP contribution in [0.15, 0.2) is 18.2 Å². The van der Waals surface area contributed by atoms with Gasteiger partial charge in [0, 0.05) is 18.2 Å². The molecular formula is C16H24N2O3. The smallest absolute Gasteiger partial charge is 0.227 e. The predicted octanol–water partition coefficient (Wildman–Crippen LogP) is 1.44. The van der Waals surface area contributed by atoms with Crippen molar-refractivity contribution in [2.24, 2.45) is 11.7 Å². The van der Waals surface area contributed by atoms with Crippen molar-refractivity contribution in [3.63, 3.8) is 0 Å². The molecule has 1 aliphatic heterocycles. The first-order valence-corrected chi connectivity index (χ1v) is 7.30. The Hall–Kier alpha value is -1.75. The van der Waals surface area contributed by atoms with Crippen LogP contribution in [-0.2, 0) is 11.2 Å². The van der Waals surface area contributed by atoms with Crippen molar-refractivity contribution in [1.29, 1.82) is 0 Å². The molecule has 1 aromatic rings. The second-order valence-electron chi connectivity index (χ2n) is 5.55. The van der Waals surface area contributed by atoms with Crippen molar-refractivity contribution in [2.45, 2.75) is 25.8 Å². The van der Waals surface area contributed by atoms with Crippen LogP contribution in [0.3, 0.4) is 0 Å². The third-order valence-electron chi connectivity index (χ3n) is 4.17. The molecule has 1 aromatic carbocycles. The Morgan fingerprint density at radius 1 is 1.33 bits per heavy atom. The number of carbonyl (C=O) groups excluding carboxylic acids is 1. The molecule has 0 bridgehead atoms. The number of likely N-dealkylation sites (tertiary alicyclic amines) is 1. The summed E-state index contributed by atoms with van der Waals surface area (Å²) < 4.78 is 10.7. The minimum atomic E-state index is 0.0984. The Bertz CT molecular complexity index is 482. The van der Waals surface area contributed by atoms with Crippen molar-refractivity contribution in [3.8, 4) is 11.5 Å². The van der Waals surface area contributed by atoms with Gasteiger partial charge in [0.05, 0.1) is 20.6 Å². The minimum Gasteiger partial charge on any atom is -0.496 e. The van der Waals surface area contributed by atoms with Gasteiger partial charge in [-0.15, -0.1) is 0 Å². The van der Waals surface area contributed by atoms with E-state index in [9.17, 15) is 4.79 Å². The Morgan fingerprint density at radius 2 is 1.95 bits per heavy atom. The van der Waals surface area contributed by atoms with E-state index in [4.69, 9.17) is 15.2 Å². The average molecular weight is 292 g/mol. The second-order valence-corrected chi connectivity index (χ2v) is 5.55. The highest BCUT2D eigenvalue weighted by Crippen LogP contribution is 2.30. The zero-order valence-corrected chi connectivity index (χ0v) is 13.0. The zero-order valence-electron chi connectivity index (χ0n) is 13.0. The Morgan fingerprint density at radius 3 is 2.43 bits per heavy atom. The molecule has 21 heavy (non-hydrogen) atoms. The number of hydrogen-bond acceptors (Lipinski definition) is 4. The van der Waals surface area contributed by atoms with E-state index in [2.05, 4.69) is 6.92 Å². The fourth-order valence-electron chi connectivity index (χ4n) is 3.02. The predicted molar refractivity (Wildman–Crippen MR) is 81.6 cm³/mol. The molecule has 1 fully saturated rings. The van der Waals surface area contributed by atoms with Crippen LogP contribution in [0.2, 0.25) is 0 Å². The lowest BCUT2D eigenvalue weighted by molar-refractivity contribution is -0.131. The first-order chi connectivity index (χ1) is 10.1. The summed E-state index contributed by atoms with van der Waals surface area (Å²) in [5.74, 6) is 1.87. The summed E-state index contributed by atoms with van der Waals surface area (Å²) in [5.41, 5.74) is 6.53. The van der Waals surface area contributed by atoms with E-state index >= 15 is 0 Å². The molecule has 2 N–H and O–H groups in total. The Labute approximate surface area is 126 Å². The van der Waals surface area contributed by atoms with Gasteiger partial charge in [0.1, 0.15) is 11.5 Å². The summed E-state index contributed by atoms with van der Waals surface area (Å²) in [4.78, 5) is 14.5. The first kappa shape index (κ1) is 15.6. The van der Waals surface area contributed by atoms with Gasteiger partial charge in [0.15, 0.2) is 0 Å². The standard InChI is InChI=1S/C16H24N2O3/c1-11-7-12(9-17)10-18(11)16(19)8-13-14(20-2)5-4-6-15(13)21-3/h4-6,11-12H,7-10,17H2,1-3H3. The van der Waals surface area contributed by atoms with E-state index in [0.717, 1.165) is 18.5 Å². The molecular weight excluding hydrogens is 268 g/mol. The highest BCUT2D eigenvalue weighted by atomic mass is 16.5. The highest BCUT2D eigenvalue weighted by molar-refractivity contribution is 5.81. The molecule has 1 aliphatic rings. The molecule has 2 rings (SSSR count). The van der Waals surface area contributed by atoms with Crippen LogP contribution < -0.4 is 15.2 Å². The molecule has 0 spiro atoms. The molecule has 0 saturated carbocycles. The minimum absolute atomic E-state index is 0.0984. The van der Waals surface area contributed by atoms with Crippen LogP contribution in [0.25, 0.3) is 0 Å². The normalized spacial score (nSPS) is 21.4. The van der Waals surface area contributed by atoms with Gasteiger partial charge >= 0.3 is 0 Å². The molecule has 0 radical (unpaired) electrons. The van der Waals surface area contributed by atoms with E-state index < -0.39 is 0 Å². The monoisotopic (exact) mass is 292 g/mol. The lowest BCUT2D eigenvalue weighted by Gasteiger charge is -2.22. The van der Waals surface area contributed by atoms with Crippen LogP contribution >= 0.6 is 0 Å². The summed E-state index contributed by atoms with van der Waals surface area (Å²) in [6.45, 7) is 3.45. The molecule has 2 unspecified atom stereocenters. The summed E-state index contributed by atoms with van der Waals surface area (Å²) in [6.07, 6.45) is 1.26. The Kier molecular flexibility index (Phi) is 5.07. The number of carbonyl (C=O) groups is 1. The number of methoxy groups -OCH3 is 2. The number of ether oxygens (including phenoxy) is 2. The fourth-order valence-corrected chi connectivity index (χ4v) is 3.02. The van der Waals surface area contributed by atoms with Gasteiger partial charge in [-0.1, -0.05) is 6.07 Å². The summed E-state index contributed by atoms with van der Waals surface area (Å²) in [7, 11) is 3.21. The summed E-state index contributed by atoms with van der Waals surface area (Å²) in [5, 5.41) is 0. The quantitative estimate of drug-likeness (QED) is 0.892. The van der Waals surface area contributed by atoms with Gasteiger partial charge in [-0.3, -0.25) is 4.79 Å². The van der Waals surface area contributed by atoms with Crippen molar-refractivity contribution in [3.05, 3.63) is 23.8 Å². The number of rotatable bonds is 5. The van der Waals surface area contributed by atoms with Gasteiger partial charge in [0.25, 0.3) is 0 Å². The van der Waals surface area contributed by atoms with Crippen LogP contribution in [0.5, 0.6) is 11.5 Å². The van der Waals surface area contributed by atoms with Gasteiger partial charge in [-0.2, -0.15) is 0 Å². The number of hydrogen-bond donors (Lipinski definition) is 1. The van der Waals surface area contributed by atoms with Crippen LogP contribution in [-0.4, -0.2) is 44.2 Å². The van der Waals surface area contributed by atoms with Crippen LogP contribution in [0.1, 0.15) is 18.9 Å². The first-order valence-electron chi connectivity index (χ1n) is 7.30. The number of nitrogens with zero attached hydrogens (tertiary/aromatic N) is 1. The maximum Gasteiger partial charge on any atom is 0.227 e. The van der Waals surface area contributed by atoms with Gasteiger partial charge in [-0.25, -0.2) is 0 Å². The molecule has 2 atom stereocenters. The topological polar surface area (TPSA) is 64.8 Å². The van der Waals surface area contributed by atoms with Gasteiger partial charge in [-0.05, 0) is 37.9 Å². The van der Waals surface area contributed by atoms with Crippen LogP contribution in [0.4, 0.5) is 0 Å². The van der Waals surface area contributed by atoms with Crippen molar-refractivity contribution < 1.29 is 14.3 Å². The zero-order chi connectivity index (χ0) is 15.4. The van der Waals surface area contributed by atoms with E-state index in [1.165, 1.54) is 0 Å². The van der Waals surface area contributed by atoms with Crippen molar-refractivity contribution in [1.82, 2.24) is 4.90 Å². The maximum atomic E-state index is 12.6. The van der Waals surface area contributed by atoms with E-state index in [1.54, 1.807) is 14.2 Å². The van der Waals surface area contributed by atoms with E-state index in [-0.39, 0.29) is 18.4 Å². The maximum absolute atomic E-state index is 12.6. The number of amides is 1. The van der Waals surface area contributed by atoms with Gasteiger partial charge < -0.3 is 20.1 Å². The molecule has 1 amide bonds. The van der Waals surface area contributed by atoms with Gasteiger partial charge in [0.2, 0.25) is 5.91 Å².